The lowest BCUT2D eigenvalue weighted by molar-refractivity contribution is -0.119. The Bertz CT molecular complexity index is 952. The quantitative estimate of drug-likeness (QED) is 0.569. The van der Waals surface area contributed by atoms with Gasteiger partial charge >= 0.3 is 0 Å². The molecule has 0 aliphatic carbocycles. The van der Waals surface area contributed by atoms with Gasteiger partial charge in [-0.15, -0.1) is 10.2 Å². The van der Waals surface area contributed by atoms with Crippen molar-refractivity contribution in [2.45, 2.75) is 38.6 Å². The summed E-state index contributed by atoms with van der Waals surface area (Å²) >= 11 is 1.36. The van der Waals surface area contributed by atoms with Crippen molar-refractivity contribution in [1.82, 2.24) is 20.1 Å². The summed E-state index contributed by atoms with van der Waals surface area (Å²) in [6, 6.07) is 16.0. The van der Waals surface area contributed by atoms with Crippen LogP contribution < -0.4 is 10.1 Å². The van der Waals surface area contributed by atoms with E-state index in [1.165, 1.54) is 11.8 Å². The third kappa shape index (κ3) is 5.84. The predicted octanol–water partition coefficient (Wildman–Crippen LogP) is 3.98. The fourth-order valence-corrected chi connectivity index (χ4v) is 3.74. The number of aryl methyl sites for hydroxylation is 2. The van der Waals surface area contributed by atoms with Crippen molar-refractivity contribution in [2.24, 2.45) is 7.05 Å². The standard InChI is InChI=1S/C22H26N4O2S/c1-15-10-16(2)12-19(11-15)28-13-20-24-25-22(26(20)4)29-14-21(27)23-17(3)18-8-6-5-7-9-18/h5-12,17H,13-14H2,1-4H3,(H,23,27). The van der Waals surface area contributed by atoms with Crippen LogP contribution in [0.15, 0.2) is 53.7 Å². The van der Waals surface area contributed by atoms with Gasteiger partial charge in [0.05, 0.1) is 11.8 Å². The zero-order chi connectivity index (χ0) is 20.8. The Kier molecular flexibility index (Phi) is 6.93. The van der Waals surface area contributed by atoms with E-state index < -0.39 is 0 Å². The van der Waals surface area contributed by atoms with Crippen molar-refractivity contribution < 1.29 is 9.53 Å². The van der Waals surface area contributed by atoms with E-state index in [1.807, 2.05) is 74.9 Å². The zero-order valence-electron chi connectivity index (χ0n) is 17.2. The molecule has 1 N–H and O–H groups in total. The van der Waals surface area contributed by atoms with Gasteiger partial charge in [0.2, 0.25) is 5.91 Å². The number of nitrogens with zero attached hydrogens (tertiary/aromatic N) is 3. The molecule has 7 heteroatoms. The SMILES string of the molecule is Cc1cc(C)cc(OCc2nnc(SCC(=O)NC(C)c3ccccc3)n2C)c1. The van der Waals surface area contributed by atoms with Crippen LogP contribution in [0.5, 0.6) is 5.75 Å². The molecule has 3 rings (SSSR count). The number of benzene rings is 2. The van der Waals surface area contributed by atoms with Crippen molar-refractivity contribution in [3.63, 3.8) is 0 Å². The highest BCUT2D eigenvalue weighted by atomic mass is 32.2. The molecule has 1 amide bonds. The third-order valence-corrected chi connectivity index (χ3v) is 5.52. The van der Waals surface area contributed by atoms with Crippen LogP contribution in [0.25, 0.3) is 0 Å². The smallest absolute Gasteiger partial charge is 0.230 e. The fourth-order valence-electron chi connectivity index (χ4n) is 3.00. The number of carbonyl (C=O) groups is 1. The van der Waals surface area contributed by atoms with Crippen molar-refractivity contribution in [3.8, 4) is 5.75 Å². The molecule has 0 spiro atoms. The minimum absolute atomic E-state index is 0.0365. The molecule has 3 aromatic rings. The van der Waals surface area contributed by atoms with Crippen LogP contribution in [-0.2, 0) is 18.4 Å². The number of nitrogens with one attached hydrogen (secondary N) is 1. The van der Waals surface area contributed by atoms with Crippen molar-refractivity contribution >= 4 is 17.7 Å². The number of aromatic nitrogens is 3. The van der Waals surface area contributed by atoms with Crippen LogP contribution in [0.4, 0.5) is 0 Å². The van der Waals surface area contributed by atoms with Crippen LogP contribution in [-0.4, -0.2) is 26.4 Å². The van der Waals surface area contributed by atoms with Gasteiger partial charge in [-0.25, -0.2) is 0 Å². The molecule has 2 aromatic carbocycles. The lowest BCUT2D eigenvalue weighted by Gasteiger charge is -2.14. The monoisotopic (exact) mass is 410 g/mol. The summed E-state index contributed by atoms with van der Waals surface area (Å²) in [5, 5.41) is 12.1. The maximum Gasteiger partial charge on any atom is 0.230 e. The minimum atomic E-state index is -0.0395. The van der Waals surface area contributed by atoms with Crippen molar-refractivity contribution in [2.75, 3.05) is 5.75 Å². The zero-order valence-corrected chi connectivity index (χ0v) is 18.0. The molecule has 29 heavy (non-hydrogen) atoms. The Morgan fingerprint density at radius 3 is 2.52 bits per heavy atom. The van der Waals surface area contributed by atoms with Gasteiger partial charge in [0.15, 0.2) is 11.0 Å². The van der Waals surface area contributed by atoms with Gasteiger partial charge in [-0.2, -0.15) is 0 Å². The van der Waals surface area contributed by atoms with Gasteiger partial charge in [0.1, 0.15) is 12.4 Å². The van der Waals surface area contributed by atoms with Gasteiger partial charge in [-0.1, -0.05) is 48.2 Å². The molecule has 1 aromatic heterocycles. The lowest BCUT2D eigenvalue weighted by atomic mass is 10.1. The summed E-state index contributed by atoms with van der Waals surface area (Å²) in [7, 11) is 1.88. The van der Waals surface area contributed by atoms with Crippen LogP contribution in [0.3, 0.4) is 0 Å². The molecular weight excluding hydrogens is 384 g/mol. The molecule has 1 atom stereocenters. The second-order valence-electron chi connectivity index (χ2n) is 7.06. The third-order valence-electron chi connectivity index (χ3n) is 4.50. The summed E-state index contributed by atoms with van der Waals surface area (Å²) in [6.45, 7) is 6.38. The van der Waals surface area contributed by atoms with Gasteiger partial charge in [0.25, 0.3) is 0 Å². The van der Waals surface area contributed by atoms with E-state index in [1.54, 1.807) is 0 Å². The summed E-state index contributed by atoms with van der Waals surface area (Å²) < 4.78 is 7.73. The summed E-state index contributed by atoms with van der Waals surface area (Å²) in [6.07, 6.45) is 0. The second kappa shape index (κ2) is 9.60. The number of rotatable bonds is 8. The molecular formula is C22H26N4O2S. The Labute approximate surface area is 175 Å². The average Bonchev–Trinajstić information content (AvgIpc) is 3.04. The number of hydrogen-bond donors (Lipinski definition) is 1. The highest BCUT2D eigenvalue weighted by Gasteiger charge is 2.14. The molecule has 6 nitrogen and oxygen atoms in total. The molecule has 1 unspecified atom stereocenters. The Hall–Kier alpha value is -2.80. The first-order valence-electron chi connectivity index (χ1n) is 9.49. The van der Waals surface area contributed by atoms with Gasteiger partial charge < -0.3 is 14.6 Å². The number of hydrogen-bond acceptors (Lipinski definition) is 5. The van der Waals surface area contributed by atoms with Gasteiger partial charge in [-0.05, 0) is 49.6 Å². The lowest BCUT2D eigenvalue weighted by Crippen LogP contribution is -2.28. The van der Waals surface area contributed by atoms with E-state index in [0.717, 1.165) is 22.4 Å². The minimum Gasteiger partial charge on any atom is -0.486 e. The van der Waals surface area contributed by atoms with E-state index in [9.17, 15) is 4.79 Å². The molecule has 152 valence electrons. The van der Waals surface area contributed by atoms with E-state index in [0.29, 0.717) is 17.6 Å². The van der Waals surface area contributed by atoms with E-state index in [2.05, 4.69) is 21.6 Å². The Morgan fingerprint density at radius 1 is 1.14 bits per heavy atom. The van der Waals surface area contributed by atoms with Crippen LogP contribution >= 0.6 is 11.8 Å². The molecule has 1 heterocycles. The van der Waals surface area contributed by atoms with Gasteiger partial charge in [0, 0.05) is 7.05 Å². The molecule has 0 saturated carbocycles. The normalized spacial score (nSPS) is 11.9. The summed E-state index contributed by atoms with van der Waals surface area (Å²) in [5.41, 5.74) is 3.39. The van der Waals surface area contributed by atoms with Crippen LogP contribution in [0.1, 0.15) is 35.5 Å². The van der Waals surface area contributed by atoms with Crippen molar-refractivity contribution in [1.29, 1.82) is 0 Å². The number of amides is 1. The maximum absolute atomic E-state index is 12.3. The highest BCUT2D eigenvalue weighted by Crippen LogP contribution is 2.20. The second-order valence-corrected chi connectivity index (χ2v) is 8.00. The molecule has 0 fully saturated rings. The van der Waals surface area contributed by atoms with Gasteiger partial charge in [-0.3, -0.25) is 4.79 Å². The molecule has 0 saturated heterocycles. The maximum atomic E-state index is 12.3. The first-order chi connectivity index (χ1) is 13.9. The topological polar surface area (TPSA) is 69.0 Å². The number of thioether (sulfide) groups is 1. The first-order valence-corrected chi connectivity index (χ1v) is 10.5. The largest absolute Gasteiger partial charge is 0.486 e. The van der Waals surface area contributed by atoms with E-state index in [-0.39, 0.29) is 17.7 Å². The highest BCUT2D eigenvalue weighted by molar-refractivity contribution is 7.99. The van der Waals surface area contributed by atoms with Crippen LogP contribution in [0, 0.1) is 13.8 Å². The fraction of sp³-hybridized carbons (Fsp3) is 0.318. The number of ether oxygens (including phenoxy) is 1. The van der Waals surface area contributed by atoms with E-state index >= 15 is 0 Å². The molecule has 0 radical (unpaired) electrons. The Balaban J connectivity index is 1.52. The van der Waals surface area contributed by atoms with Crippen LogP contribution in [0.2, 0.25) is 0 Å². The van der Waals surface area contributed by atoms with E-state index in [4.69, 9.17) is 4.74 Å². The average molecular weight is 411 g/mol. The van der Waals surface area contributed by atoms with Crippen molar-refractivity contribution in [3.05, 3.63) is 71.0 Å². The first kappa shape index (κ1) is 20.9. The molecule has 0 aliphatic heterocycles. The molecule has 0 bridgehead atoms. The summed E-state index contributed by atoms with van der Waals surface area (Å²) in [5.74, 6) is 1.77. The predicted molar refractivity (Wildman–Crippen MR) is 115 cm³/mol. The molecule has 0 aliphatic rings. The number of carbonyl (C=O) groups excluding carboxylic acids is 1. The summed E-state index contributed by atoms with van der Waals surface area (Å²) in [4.78, 5) is 12.3. The Morgan fingerprint density at radius 2 is 1.83 bits per heavy atom.